The molecule has 3 rings (SSSR count). The Kier molecular flexibility index (Phi) is 2.76. The van der Waals surface area contributed by atoms with Gasteiger partial charge < -0.3 is 9.52 Å². The van der Waals surface area contributed by atoms with Crippen molar-refractivity contribution in [2.75, 3.05) is 6.26 Å². The second-order valence-electron chi connectivity index (χ2n) is 3.98. The summed E-state index contributed by atoms with van der Waals surface area (Å²) in [5.41, 5.74) is 2.63. The van der Waals surface area contributed by atoms with E-state index in [1.54, 1.807) is 17.8 Å². The molecule has 0 unspecified atom stereocenters. The van der Waals surface area contributed by atoms with E-state index in [4.69, 9.17) is 4.42 Å². The van der Waals surface area contributed by atoms with Crippen LogP contribution < -0.4 is 0 Å². The molecule has 0 saturated carbocycles. The van der Waals surface area contributed by atoms with E-state index in [-0.39, 0.29) is 5.75 Å². The van der Waals surface area contributed by atoms with E-state index in [0.717, 1.165) is 27.2 Å². The van der Waals surface area contributed by atoms with Crippen molar-refractivity contribution in [1.82, 2.24) is 0 Å². The number of hydrogen-bond acceptors (Lipinski definition) is 3. The largest absolute Gasteiger partial charge is 0.507 e. The van der Waals surface area contributed by atoms with Gasteiger partial charge >= 0.3 is 0 Å². The molecular weight excluding hydrogens is 244 g/mol. The van der Waals surface area contributed by atoms with Crippen LogP contribution in [0.25, 0.3) is 22.1 Å². The molecule has 2 aromatic carbocycles. The fourth-order valence-electron chi connectivity index (χ4n) is 2.11. The smallest absolute Gasteiger partial charge is 0.169 e. The Labute approximate surface area is 109 Å². The van der Waals surface area contributed by atoms with Crippen LogP contribution in [0.15, 0.2) is 58.0 Å². The average molecular weight is 256 g/mol. The molecule has 0 spiro atoms. The quantitative estimate of drug-likeness (QED) is 0.684. The maximum absolute atomic E-state index is 10.0. The summed E-state index contributed by atoms with van der Waals surface area (Å²) in [6.45, 7) is 0. The molecule has 0 fully saturated rings. The van der Waals surface area contributed by atoms with E-state index >= 15 is 0 Å². The summed E-state index contributed by atoms with van der Waals surface area (Å²) < 4.78 is 5.81. The lowest BCUT2D eigenvalue weighted by atomic mass is 10.0. The van der Waals surface area contributed by atoms with Gasteiger partial charge in [-0.25, -0.2) is 0 Å². The van der Waals surface area contributed by atoms with E-state index in [1.807, 2.05) is 48.7 Å². The highest BCUT2D eigenvalue weighted by Crippen LogP contribution is 2.42. The zero-order chi connectivity index (χ0) is 12.5. The van der Waals surface area contributed by atoms with E-state index in [2.05, 4.69) is 0 Å². The van der Waals surface area contributed by atoms with Gasteiger partial charge in [0.15, 0.2) is 5.09 Å². The van der Waals surface area contributed by atoms with Gasteiger partial charge in [-0.3, -0.25) is 0 Å². The highest BCUT2D eigenvalue weighted by Gasteiger charge is 2.17. The number of rotatable bonds is 2. The van der Waals surface area contributed by atoms with Crippen LogP contribution >= 0.6 is 11.8 Å². The summed E-state index contributed by atoms with van der Waals surface area (Å²) in [6, 6.07) is 15.2. The number of thioether (sulfide) groups is 1. The Hall–Kier alpha value is -1.87. The fraction of sp³-hybridized carbons (Fsp3) is 0.0667. The van der Waals surface area contributed by atoms with Gasteiger partial charge in [0.1, 0.15) is 11.3 Å². The fourth-order valence-corrected chi connectivity index (χ4v) is 2.70. The number of furan rings is 1. The van der Waals surface area contributed by atoms with Crippen LogP contribution in [0.3, 0.4) is 0 Å². The molecule has 0 aliphatic rings. The minimum absolute atomic E-state index is 0.277. The Morgan fingerprint density at radius 1 is 1.00 bits per heavy atom. The number of fused-ring (bicyclic) bond motifs is 1. The van der Waals surface area contributed by atoms with Gasteiger partial charge in [0.25, 0.3) is 0 Å². The summed E-state index contributed by atoms with van der Waals surface area (Å²) in [4.78, 5) is 0. The van der Waals surface area contributed by atoms with E-state index in [0.29, 0.717) is 0 Å². The lowest BCUT2D eigenvalue weighted by Crippen LogP contribution is -1.79. The normalized spacial score (nSPS) is 10.9. The molecule has 0 radical (unpaired) electrons. The van der Waals surface area contributed by atoms with Crippen LogP contribution in [-0.2, 0) is 0 Å². The van der Waals surface area contributed by atoms with Gasteiger partial charge in [0.2, 0.25) is 0 Å². The molecule has 0 aliphatic carbocycles. The topological polar surface area (TPSA) is 33.4 Å². The molecule has 2 nitrogen and oxygen atoms in total. The van der Waals surface area contributed by atoms with E-state index in [1.165, 1.54) is 0 Å². The Morgan fingerprint density at radius 2 is 1.72 bits per heavy atom. The standard InChI is InChI=1S/C15H12O2S/c1-18-15-14(10-6-2-4-8-12(10)16)11-7-3-5-9-13(11)17-15/h2-9,16H,1H3. The van der Waals surface area contributed by atoms with Crippen LogP contribution in [0.1, 0.15) is 0 Å². The van der Waals surface area contributed by atoms with Gasteiger partial charge in [0, 0.05) is 16.5 Å². The van der Waals surface area contributed by atoms with E-state index in [9.17, 15) is 5.11 Å². The molecule has 0 bridgehead atoms. The molecule has 0 atom stereocenters. The average Bonchev–Trinajstić information content (AvgIpc) is 2.78. The molecule has 1 heterocycles. The first-order chi connectivity index (χ1) is 8.81. The summed E-state index contributed by atoms with van der Waals surface area (Å²) in [7, 11) is 0. The molecule has 0 aliphatic heterocycles. The third-order valence-electron chi connectivity index (χ3n) is 2.92. The monoisotopic (exact) mass is 256 g/mol. The second-order valence-corrected chi connectivity index (χ2v) is 4.76. The first-order valence-corrected chi connectivity index (χ1v) is 6.87. The van der Waals surface area contributed by atoms with Crippen LogP contribution in [0.5, 0.6) is 5.75 Å². The van der Waals surface area contributed by atoms with E-state index < -0.39 is 0 Å². The van der Waals surface area contributed by atoms with Crippen molar-refractivity contribution in [3.8, 4) is 16.9 Å². The van der Waals surface area contributed by atoms with Crippen LogP contribution in [-0.4, -0.2) is 11.4 Å². The second kappa shape index (κ2) is 4.42. The number of hydrogen-bond donors (Lipinski definition) is 1. The number of phenolic OH excluding ortho intramolecular Hbond substituents is 1. The van der Waals surface area contributed by atoms with Crippen molar-refractivity contribution in [1.29, 1.82) is 0 Å². The van der Waals surface area contributed by atoms with Crippen molar-refractivity contribution in [3.63, 3.8) is 0 Å². The zero-order valence-corrected chi connectivity index (χ0v) is 10.7. The number of phenols is 1. The summed E-state index contributed by atoms with van der Waals surface area (Å²) in [5, 5.41) is 11.9. The zero-order valence-electron chi connectivity index (χ0n) is 9.88. The minimum atomic E-state index is 0.277. The van der Waals surface area contributed by atoms with Gasteiger partial charge in [0.05, 0.1) is 0 Å². The lowest BCUT2D eigenvalue weighted by molar-refractivity contribution is 0.475. The van der Waals surface area contributed by atoms with Gasteiger partial charge in [-0.2, -0.15) is 0 Å². The molecule has 1 aromatic heterocycles. The minimum Gasteiger partial charge on any atom is -0.507 e. The van der Waals surface area contributed by atoms with Gasteiger partial charge in [-0.15, -0.1) is 0 Å². The number of aromatic hydroxyl groups is 1. The highest BCUT2D eigenvalue weighted by molar-refractivity contribution is 7.98. The molecular formula is C15H12O2S. The molecule has 3 aromatic rings. The first-order valence-electron chi connectivity index (χ1n) is 5.65. The maximum atomic E-state index is 10.0. The predicted octanol–water partition coefficient (Wildman–Crippen LogP) is 4.53. The van der Waals surface area contributed by atoms with Crippen molar-refractivity contribution in [2.24, 2.45) is 0 Å². The molecule has 90 valence electrons. The third-order valence-corrected chi connectivity index (χ3v) is 3.58. The number of benzene rings is 2. The first kappa shape index (κ1) is 11.2. The summed E-state index contributed by atoms with van der Waals surface area (Å²) >= 11 is 1.55. The van der Waals surface area contributed by atoms with Crippen LogP contribution in [0, 0.1) is 0 Å². The van der Waals surface area contributed by atoms with Gasteiger partial charge in [-0.05, 0) is 18.4 Å². The predicted molar refractivity (Wildman–Crippen MR) is 75.1 cm³/mol. The Balaban J connectivity index is 2.37. The van der Waals surface area contributed by atoms with Gasteiger partial charge in [-0.1, -0.05) is 48.2 Å². The third kappa shape index (κ3) is 1.68. The molecule has 18 heavy (non-hydrogen) atoms. The molecule has 1 N–H and O–H groups in total. The van der Waals surface area contributed by atoms with Crippen molar-refractivity contribution >= 4 is 22.7 Å². The number of para-hydroxylation sites is 2. The molecule has 0 amide bonds. The van der Waals surface area contributed by atoms with Crippen molar-refractivity contribution in [3.05, 3.63) is 48.5 Å². The van der Waals surface area contributed by atoms with Crippen LogP contribution in [0.2, 0.25) is 0 Å². The highest BCUT2D eigenvalue weighted by atomic mass is 32.2. The summed E-state index contributed by atoms with van der Waals surface area (Å²) in [6.07, 6.45) is 1.97. The Bertz CT molecular complexity index is 701. The molecule has 3 heteroatoms. The summed E-state index contributed by atoms with van der Waals surface area (Å²) in [5.74, 6) is 0.277. The van der Waals surface area contributed by atoms with Crippen molar-refractivity contribution < 1.29 is 9.52 Å². The van der Waals surface area contributed by atoms with Crippen LogP contribution in [0.4, 0.5) is 0 Å². The molecule has 0 saturated heterocycles. The Morgan fingerprint density at radius 3 is 2.50 bits per heavy atom. The van der Waals surface area contributed by atoms with Crippen molar-refractivity contribution in [2.45, 2.75) is 5.09 Å². The maximum Gasteiger partial charge on any atom is 0.169 e. The SMILES string of the molecule is CSc1oc2ccccc2c1-c1ccccc1O. The lowest BCUT2D eigenvalue weighted by Gasteiger charge is -2.03.